The molecule has 1 aliphatic rings. The predicted molar refractivity (Wildman–Crippen MR) is 128 cm³/mol. The van der Waals surface area contributed by atoms with E-state index in [1.54, 1.807) is 0 Å². The number of hydrogen-bond donors (Lipinski definition) is 0. The maximum absolute atomic E-state index is 7.17. The quantitative estimate of drug-likeness (QED) is 0.385. The van der Waals surface area contributed by atoms with E-state index >= 15 is 0 Å². The highest BCUT2D eigenvalue weighted by Crippen LogP contribution is 2.38. The SMILES string of the molecule is Cc1nn2c(c1I)OC[C@@H](O[Si](c1ccccc1)(c1ccccc1)C(C)(C)C)C2. The molecule has 0 fully saturated rings. The molecule has 0 aliphatic carbocycles. The van der Waals surface area contributed by atoms with E-state index in [4.69, 9.17) is 9.16 Å². The van der Waals surface area contributed by atoms with Gasteiger partial charge in [-0.3, -0.25) is 0 Å². The Morgan fingerprint density at radius 2 is 1.59 bits per heavy atom. The Bertz CT molecular complexity index is 944. The van der Waals surface area contributed by atoms with Gasteiger partial charge < -0.3 is 9.16 Å². The van der Waals surface area contributed by atoms with Gasteiger partial charge in [0, 0.05) is 0 Å². The van der Waals surface area contributed by atoms with Crippen molar-refractivity contribution in [1.82, 2.24) is 9.78 Å². The van der Waals surface area contributed by atoms with Crippen LogP contribution in [0.4, 0.5) is 0 Å². The summed E-state index contributed by atoms with van der Waals surface area (Å²) in [6.45, 7) is 10.2. The van der Waals surface area contributed by atoms with Crippen molar-refractivity contribution in [2.75, 3.05) is 6.61 Å². The lowest BCUT2D eigenvalue weighted by atomic mass is 10.2. The van der Waals surface area contributed by atoms with E-state index in [1.807, 2.05) is 11.6 Å². The lowest BCUT2D eigenvalue weighted by Gasteiger charge is -2.45. The van der Waals surface area contributed by atoms with Gasteiger partial charge in [-0.05, 0) is 44.9 Å². The zero-order valence-electron chi connectivity index (χ0n) is 17.4. The Kier molecular flexibility index (Phi) is 5.61. The fourth-order valence-electron chi connectivity index (χ4n) is 4.23. The monoisotopic (exact) mass is 518 g/mol. The highest BCUT2D eigenvalue weighted by molar-refractivity contribution is 14.1. The van der Waals surface area contributed by atoms with Crippen LogP contribution in [0.1, 0.15) is 26.5 Å². The molecule has 2 heterocycles. The summed E-state index contributed by atoms with van der Waals surface area (Å²) in [5.41, 5.74) is 1.01. The molecular formula is C23H27IN2O2Si. The van der Waals surface area contributed by atoms with Gasteiger partial charge in [0.1, 0.15) is 6.61 Å². The number of hydrogen-bond acceptors (Lipinski definition) is 3. The summed E-state index contributed by atoms with van der Waals surface area (Å²) in [5, 5.41) is 7.18. The van der Waals surface area contributed by atoms with E-state index in [0.29, 0.717) is 13.2 Å². The van der Waals surface area contributed by atoms with Gasteiger partial charge in [0.15, 0.2) is 0 Å². The molecule has 0 N–H and O–H groups in total. The number of fused-ring (bicyclic) bond motifs is 1. The molecule has 2 aromatic carbocycles. The molecule has 1 aromatic heterocycles. The highest BCUT2D eigenvalue weighted by Gasteiger charge is 2.52. The van der Waals surface area contributed by atoms with Crippen LogP contribution >= 0.6 is 22.6 Å². The predicted octanol–water partition coefficient (Wildman–Crippen LogP) is 4.13. The normalized spacial score (nSPS) is 16.9. The van der Waals surface area contributed by atoms with Gasteiger partial charge in [-0.1, -0.05) is 81.4 Å². The Labute approximate surface area is 187 Å². The minimum Gasteiger partial charge on any atom is -0.474 e. The minimum atomic E-state index is -2.59. The zero-order chi connectivity index (χ0) is 20.6. The first-order valence-corrected chi connectivity index (χ1v) is 13.0. The molecule has 0 bridgehead atoms. The number of benzene rings is 2. The molecule has 1 atom stereocenters. The van der Waals surface area contributed by atoms with Crippen molar-refractivity contribution in [2.45, 2.75) is 45.4 Å². The second kappa shape index (κ2) is 7.89. The molecule has 4 rings (SSSR count). The molecule has 0 radical (unpaired) electrons. The summed E-state index contributed by atoms with van der Waals surface area (Å²) < 4.78 is 16.3. The van der Waals surface area contributed by atoms with Gasteiger partial charge in [0.25, 0.3) is 8.32 Å². The van der Waals surface area contributed by atoms with E-state index in [-0.39, 0.29) is 11.1 Å². The number of aryl methyl sites for hydroxylation is 1. The van der Waals surface area contributed by atoms with Gasteiger partial charge in [-0.25, -0.2) is 4.68 Å². The first-order valence-electron chi connectivity index (χ1n) is 9.97. The highest BCUT2D eigenvalue weighted by atomic mass is 127. The molecule has 0 unspecified atom stereocenters. The summed E-state index contributed by atoms with van der Waals surface area (Å²) in [5.74, 6) is 0.866. The smallest absolute Gasteiger partial charge is 0.261 e. The zero-order valence-corrected chi connectivity index (χ0v) is 20.5. The van der Waals surface area contributed by atoms with Crippen LogP contribution in [0.5, 0.6) is 5.88 Å². The molecule has 1 aliphatic heterocycles. The van der Waals surface area contributed by atoms with Crippen LogP contribution in [0.25, 0.3) is 0 Å². The second-order valence-electron chi connectivity index (χ2n) is 8.60. The number of rotatable bonds is 4. The van der Waals surface area contributed by atoms with Crippen molar-refractivity contribution in [2.24, 2.45) is 0 Å². The maximum Gasteiger partial charge on any atom is 0.261 e. The summed E-state index contributed by atoms with van der Waals surface area (Å²) in [7, 11) is -2.59. The third kappa shape index (κ3) is 3.66. The van der Waals surface area contributed by atoms with Crippen molar-refractivity contribution >= 4 is 41.3 Å². The third-order valence-corrected chi connectivity index (χ3v) is 11.9. The Morgan fingerprint density at radius 1 is 1.03 bits per heavy atom. The minimum absolute atomic E-state index is 0.0512. The topological polar surface area (TPSA) is 36.3 Å². The van der Waals surface area contributed by atoms with Crippen molar-refractivity contribution in [3.63, 3.8) is 0 Å². The van der Waals surface area contributed by atoms with Crippen LogP contribution < -0.4 is 15.1 Å². The summed E-state index contributed by atoms with van der Waals surface area (Å²) in [4.78, 5) is 0. The number of nitrogens with zero attached hydrogens (tertiary/aromatic N) is 2. The molecule has 6 heteroatoms. The molecule has 3 aromatic rings. The Hall–Kier alpha value is -1.64. The van der Waals surface area contributed by atoms with E-state index in [1.165, 1.54) is 10.4 Å². The maximum atomic E-state index is 7.17. The van der Waals surface area contributed by atoms with Gasteiger partial charge in [-0.15, -0.1) is 0 Å². The molecule has 0 saturated heterocycles. The number of halogens is 1. The molecule has 29 heavy (non-hydrogen) atoms. The first-order chi connectivity index (χ1) is 13.8. The largest absolute Gasteiger partial charge is 0.474 e. The summed E-state index contributed by atoms with van der Waals surface area (Å²) in [6, 6.07) is 21.5. The third-order valence-electron chi connectivity index (χ3n) is 5.55. The fourth-order valence-corrected chi connectivity index (χ4v) is 9.43. The van der Waals surface area contributed by atoms with Crippen LogP contribution in [0.3, 0.4) is 0 Å². The van der Waals surface area contributed by atoms with Crippen LogP contribution in [0.2, 0.25) is 5.04 Å². The van der Waals surface area contributed by atoms with Gasteiger partial charge >= 0.3 is 0 Å². The van der Waals surface area contributed by atoms with Gasteiger partial charge in [-0.2, -0.15) is 5.10 Å². The lowest BCUT2D eigenvalue weighted by Crippen LogP contribution is -2.68. The second-order valence-corrected chi connectivity index (χ2v) is 13.9. The van der Waals surface area contributed by atoms with Crippen LogP contribution in [0.15, 0.2) is 60.7 Å². The lowest BCUT2D eigenvalue weighted by molar-refractivity contribution is 0.0660. The Balaban J connectivity index is 1.79. The molecule has 0 saturated carbocycles. The summed E-state index contributed by atoms with van der Waals surface area (Å²) >= 11 is 2.31. The molecule has 0 amide bonds. The Morgan fingerprint density at radius 3 is 2.10 bits per heavy atom. The van der Waals surface area contributed by atoms with Crippen molar-refractivity contribution < 1.29 is 9.16 Å². The standard InChI is InChI=1S/C23H27IN2O2Si/c1-17-21(24)22-26(25-17)15-18(16-27-22)28-29(23(2,3)4,19-11-7-5-8-12-19)20-13-9-6-10-14-20/h5-14,18H,15-16H2,1-4H3/t18-/m0/s1. The van der Waals surface area contributed by atoms with E-state index in [2.05, 4.69) is 109 Å². The van der Waals surface area contributed by atoms with Crippen LogP contribution in [-0.2, 0) is 11.0 Å². The van der Waals surface area contributed by atoms with E-state index in [0.717, 1.165) is 15.1 Å². The first kappa shape index (κ1) is 20.6. The van der Waals surface area contributed by atoms with Gasteiger partial charge in [0.05, 0.1) is 21.9 Å². The average molecular weight is 518 g/mol. The molecule has 4 nitrogen and oxygen atoms in total. The van der Waals surface area contributed by atoms with Gasteiger partial charge in [0.2, 0.25) is 5.88 Å². The molecule has 152 valence electrons. The van der Waals surface area contributed by atoms with Crippen LogP contribution in [0, 0.1) is 10.5 Å². The number of ether oxygens (including phenoxy) is 1. The average Bonchev–Trinajstić information content (AvgIpc) is 2.99. The van der Waals surface area contributed by atoms with Crippen molar-refractivity contribution in [1.29, 1.82) is 0 Å². The van der Waals surface area contributed by atoms with E-state index in [9.17, 15) is 0 Å². The fraction of sp³-hybridized carbons (Fsp3) is 0.348. The van der Waals surface area contributed by atoms with E-state index < -0.39 is 8.32 Å². The van der Waals surface area contributed by atoms with Crippen LogP contribution in [-0.4, -0.2) is 30.8 Å². The number of aromatic nitrogens is 2. The molecule has 0 spiro atoms. The van der Waals surface area contributed by atoms with Crippen molar-refractivity contribution in [3.05, 3.63) is 69.9 Å². The molecular weight excluding hydrogens is 491 g/mol. The van der Waals surface area contributed by atoms with Crippen molar-refractivity contribution in [3.8, 4) is 5.88 Å². The summed E-state index contributed by atoms with van der Waals surface area (Å²) in [6.07, 6.45) is -0.0519.